The van der Waals surface area contributed by atoms with Crippen LogP contribution in [0.1, 0.15) is 194 Å². The van der Waals surface area contributed by atoms with Crippen LogP contribution in [-0.4, -0.2) is 73.4 Å². The van der Waals surface area contributed by atoms with Gasteiger partial charge < -0.3 is 19.8 Å². The molecule has 0 aromatic heterocycles. The average Bonchev–Trinajstić information content (AvgIpc) is 3.32. The Bertz CT molecular complexity index is 1590. The van der Waals surface area contributed by atoms with Crippen molar-refractivity contribution in [2.75, 3.05) is 40.9 Å². The molecule has 9 heteroatoms. The number of phosphoric acid groups is 1. The number of carbonyl (C=O) groups is 1. The molecular formula is C61H104N2O6P+. The molecule has 0 radical (unpaired) electrons. The summed E-state index contributed by atoms with van der Waals surface area (Å²) in [5, 5.41) is 13.8. The zero-order valence-corrected chi connectivity index (χ0v) is 46.1. The number of unbranched alkanes of at least 4 members (excludes halogenated alkanes) is 15. The van der Waals surface area contributed by atoms with E-state index in [1.165, 1.54) is 51.4 Å². The second kappa shape index (κ2) is 50.6. The van der Waals surface area contributed by atoms with Crippen molar-refractivity contribution in [2.45, 2.75) is 206 Å². The molecule has 0 bridgehead atoms. The number of aliphatic hydroxyl groups excluding tert-OH is 1. The Morgan fingerprint density at radius 1 is 0.500 bits per heavy atom. The highest BCUT2D eigenvalue weighted by Crippen LogP contribution is 2.43. The molecular weight excluding hydrogens is 888 g/mol. The second-order valence-corrected chi connectivity index (χ2v) is 20.7. The van der Waals surface area contributed by atoms with E-state index in [1.807, 2.05) is 27.2 Å². The third-order valence-corrected chi connectivity index (χ3v) is 12.4. The Morgan fingerprint density at radius 3 is 1.26 bits per heavy atom. The minimum Gasteiger partial charge on any atom is -0.387 e. The lowest BCUT2D eigenvalue weighted by Gasteiger charge is -2.25. The van der Waals surface area contributed by atoms with Crippen LogP contribution < -0.4 is 5.32 Å². The van der Waals surface area contributed by atoms with Crippen LogP contribution in [0, 0.1) is 0 Å². The maximum Gasteiger partial charge on any atom is 0.472 e. The molecule has 0 fully saturated rings. The van der Waals surface area contributed by atoms with E-state index in [2.05, 4.69) is 141 Å². The fourth-order valence-corrected chi connectivity index (χ4v) is 7.80. The average molecular weight is 992 g/mol. The first kappa shape index (κ1) is 66.6. The molecule has 0 aliphatic rings. The number of aliphatic hydroxyl groups is 1. The minimum absolute atomic E-state index is 0.0512. The van der Waals surface area contributed by atoms with Crippen LogP contribution in [0.25, 0.3) is 0 Å². The molecule has 1 amide bonds. The van der Waals surface area contributed by atoms with Gasteiger partial charge in [0, 0.05) is 6.42 Å². The van der Waals surface area contributed by atoms with Crippen molar-refractivity contribution in [3.05, 3.63) is 134 Å². The van der Waals surface area contributed by atoms with Crippen LogP contribution in [-0.2, 0) is 18.4 Å². The van der Waals surface area contributed by atoms with Gasteiger partial charge in [-0.25, -0.2) is 4.57 Å². The number of carbonyl (C=O) groups excluding carboxylic acids is 1. The summed E-state index contributed by atoms with van der Waals surface area (Å²) in [6.45, 7) is 4.65. The lowest BCUT2D eigenvalue weighted by atomic mass is 10.1. The maximum atomic E-state index is 12.9. The maximum absolute atomic E-state index is 12.9. The van der Waals surface area contributed by atoms with Crippen LogP contribution in [0.3, 0.4) is 0 Å². The van der Waals surface area contributed by atoms with E-state index in [-0.39, 0.29) is 19.1 Å². The molecule has 0 heterocycles. The van der Waals surface area contributed by atoms with Crippen LogP contribution in [0.5, 0.6) is 0 Å². The van der Waals surface area contributed by atoms with Crippen LogP contribution in [0.4, 0.5) is 0 Å². The topological polar surface area (TPSA) is 105 Å². The molecule has 3 N–H and O–H groups in total. The van der Waals surface area contributed by atoms with Gasteiger partial charge in [0.15, 0.2) is 0 Å². The monoisotopic (exact) mass is 992 g/mol. The number of allylic oxidation sites excluding steroid dienone is 21. The normalized spacial score (nSPS) is 15.0. The van der Waals surface area contributed by atoms with Gasteiger partial charge in [0.1, 0.15) is 13.2 Å². The first-order valence-electron chi connectivity index (χ1n) is 27.6. The predicted molar refractivity (Wildman–Crippen MR) is 304 cm³/mol. The van der Waals surface area contributed by atoms with Gasteiger partial charge in [-0.3, -0.25) is 13.8 Å². The second-order valence-electron chi connectivity index (χ2n) is 19.2. The van der Waals surface area contributed by atoms with Crippen molar-refractivity contribution in [3.8, 4) is 0 Å². The Kier molecular flexibility index (Phi) is 48.1. The molecule has 0 aliphatic carbocycles. The summed E-state index contributed by atoms with van der Waals surface area (Å²) in [5.41, 5.74) is 0. The summed E-state index contributed by atoms with van der Waals surface area (Å²) in [7, 11) is 1.54. The van der Waals surface area contributed by atoms with Crippen LogP contribution in [0.2, 0.25) is 0 Å². The summed E-state index contributed by atoms with van der Waals surface area (Å²) in [5.74, 6) is -0.200. The smallest absolute Gasteiger partial charge is 0.387 e. The van der Waals surface area contributed by atoms with E-state index in [1.54, 1.807) is 6.08 Å². The van der Waals surface area contributed by atoms with Crippen LogP contribution in [0.15, 0.2) is 134 Å². The van der Waals surface area contributed by atoms with E-state index < -0.39 is 20.0 Å². The fraction of sp³-hybridized carbons (Fsp3) is 0.623. The van der Waals surface area contributed by atoms with Gasteiger partial charge in [0.05, 0.1) is 39.9 Å². The van der Waals surface area contributed by atoms with Gasteiger partial charge in [0.2, 0.25) is 5.91 Å². The number of hydrogen-bond acceptors (Lipinski definition) is 5. The molecule has 3 atom stereocenters. The highest BCUT2D eigenvalue weighted by Gasteiger charge is 2.27. The standard InChI is InChI=1S/C61H103N2O6P/c1-6-8-10-12-14-16-18-19-20-21-22-23-24-25-26-27-28-29-30-31-32-33-34-35-36-37-38-39-40-41-42-43-45-47-49-51-53-55-61(65)62-59(58-69-70(66,67)68-57-56-63(3,4)5)60(64)54-52-50-48-46-44-17-15-13-11-9-7-2/h8,10,14,16,19-20,22-23,25-26,28-29,31-32,34-35,37-38,40-41,52,54,59-60,64H,6-7,9,11-13,15,17-18,21,24,27,30,33,36,39,42-51,53,55-58H2,1-5H3,(H-,62,65,66,67)/p+1/b10-8-,16-14-,20-19-,23-22-,26-25-,29-28-,32-31-,35-34-,38-37-,41-40-,54-52+. The molecule has 0 aliphatic heterocycles. The number of quaternary nitrogens is 1. The van der Waals surface area contributed by atoms with Gasteiger partial charge in [0.25, 0.3) is 0 Å². The quantitative estimate of drug-likeness (QED) is 0.0243. The van der Waals surface area contributed by atoms with Crippen molar-refractivity contribution in [1.29, 1.82) is 0 Å². The molecule has 398 valence electrons. The lowest BCUT2D eigenvalue weighted by Crippen LogP contribution is -2.45. The number of nitrogens with zero attached hydrogens (tertiary/aromatic N) is 1. The van der Waals surface area contributed by atoms with Crippen LogP contribution >= 0.6 is 7.82 Å². The molecule has 0 rings (SSSR count). The number of amides is 1. The van der Waals surface area contributed by atoms with E-state index in [0.29, 0.717) is 17.4 Å². The third-order valence-electron chi connectivity index (χ3n) is 11.4. The van der Waals surface area contributed by atoms with Crippen molar-refractivity contribution >= 4 is 13.7 Å². The highest BCUT2D eigenvalue weighted by molar-refractivity contribution is 7.47. The first-order chi connectivity index (χ1) is 34.0. The highest BCUT2D eigenvalue weighted by atomic mass is 31.2. The fourth-order valence-electron chi connectivity index (χ4n) is 7.07. The molecule has 0 aromatic carbocycles. The Balaban J connectivity index is 4.17. The molecule has 70 heavy (non-hydrogen) atoms. The molecule has 0 spiro atoms. The Labute approximate surface area is 430 Å². The number of rotatable bonds is 48. The van der Waals surface area contributed by atoms with Crippen molar-refractivity contribution in [3.63, 3.8) is 0 Å². The minimum atomic E-state index is -4.35. The van der Waals surface area contributed by atoms with Crippen molar-refractivity contribution in [2.24, 2.45) is 0 Å². The number of phosphoric ester groups is 1. The van der Waals surface area contributed by atoms with Crippen molar-refractivity contribution in [1.82, 2.24) is 5.32 Å². The summed E-state index contributed by atoms with van der Waals surface area (Å²) in [6, 6.07) is -0.863. The van der Waals surface area contributed by atoms with Gasteiger partial charge in [-0.05, 0) is 96.3 Å². The molecule has 0 aromatic rings. The van der Waals surface area contributed by atoms with Crippen molar-refractivity contribution < 1.29 is 32.9 Å². The zero-order valence-electron chi connectivity index (χ0n) is 45.2. The molecule has 0 saturated heterocycles. The molecule has 0 saturated carbocycles. The van der Waals surface area contributed by atoms with Gasteiger partial charge in [-0.15, -0.1) is 0 Å². The number of nitrogens with one attached hydrogen (secondary N) is 1. The number of hydrogen-bond donors (Lipinski definition) is 3. The Hall–Kier alpha value is -3.36. The molecule has 3 unspecified atom stereocenters. The largest absolute Gasteiger partial charge is 0.472 e. The SMILES string of the molecule is CC/C=C\C/C=C\C/C=C\C/C=C\C/C=C\C/C=C\C/C=C\C/C=C\C/C=C\C/C=C\CCCCCCCCC(=O)NC(COP(=O)(O)OCC[N+](C)(C)C)C(O)/C=C/CCCCCCCCCCC. The molecule has 8 nitrogen and oxygen atoms in total. The van der Waals surface area contributed by atoms with E-state index in [0.717, 1.165) is 122 Å². The van der Waals surface area contributed by atoms with E-state index in [9.17, 15) is 19.4 Å². The van der Waals surface area contributed by atoms with E-state index >= 15 is 0 Å². The third kappa shape index (κ3) is 52.5. The lowest BCUT2D eigenvalue weighted by molar-refractivity contribution is -0.870. The predicted octanol–water partition coefficient (Wildman–Crippen LogP) is 16.8. The zero-order chi connectivity index (χ0) is 51.3. The van der Waals surface area contributed by atoms with Gasteiger partial charge in [-0.1, -0.05) is 225 Å². The summed E-state index contributed by atoms with van der Waals surface area (Å²) < 4.78 is 23.6. The van der Waals surface area contributed by atoms with Gasteiger partial charge in [-0.2, -0.15) is 0 Å². The summed E-state index contributed by atoms with van der Waals surface area (Å²) in [6.07, 6.45) is 76.9. The number of likely N-dealkylation sites (N-methyl/N-ethyl adjacent to an activating group) is 1. The Morgan fingerprint density at radius 2 is 0.857 bits per heavy atom. The summed E-state index contributed by atoms with van der Waals surface area (Å²) in [4.78, 5) is 23.2. The van der Waals surface area contributed by atoms with E-state index in [4.69, 9.17) is 9.05 Å². The summed E-state index contributed by atoms with van der Waals surface area (Å²) >= 11 is 0. The first-order valence-corrected chi connectivity index (χ1v) is 29.1. The van der Waals surface area contributed by atoms with Gasteiger partial charge >= 0.3 is 7.82 Å².